The number of nitrogens with zero attached hydrogens (tertiary/aromatic N) is 2. The van der Waals surface area contributed by atoms with Crippen LogP contribution in [-0.2, 0) is 9.53 Å². The lowest BCUT2D eigenvalue weighted by Gasteiger charge is -2.31. The van der Waals surface area contributed by atoms with Gasteiger partial charge in [0.2, 0.25) is 5.91 Å². The maximum absolute atomic E-state index is 12.0. The summed E-state index contributed by atoms with van der Waals surface area (Å²) >= 11 is 0. The minimum atomic E-state index is 0.0101. The first-order chi connectivity index (χ1) is 11.1. The fraction of sp³-hybridized carbons (Fsp3) is 0.500. The minimum absolute atomic E-state index is 0.0101. The molecule has 1 aromatic carbocycles. The Morgan fingerprint density at radius 2 is 2.00 bits per heavy atom. The van der Waals surface area contributed by atoms with Crippen molar-refractivity contribution in [3.63, 3.8) is 0 Å². The standard InChI is InChI=1S/C18H27N3O2/c1-4-9-19-18(22)14-21(15(2)3)17-7-5-16(6-8-17)20-10-12-23-13-11-20/h4-8,15H,1,9-14H2,2-3H3,(H,19,22). The highest BCUT2D eigenvalue weighted by molar-refractivity contribution is 5.81. The first kappa shape index (κ1) is 17.3. The molecule has 5 heteroatoms. The lowest BCUT2D eigenvalue weighted by atomic mass is 10.2. The summed E-state index contributed by atoms with van der Waals surface area (Å²) in [5.74, 6) is 0.0101. The van der Waals surface area contributed by atoms with Crippen molar-refractivity contribution in [1.29, 1.82) is 0 Å². The molecule has 1 aliphatic heterocycles. The van der Waals surface area contributed by atoms with E-state index in [4.69, 9.17) is 4.74 Å². The summed E-state index contributed by atoms with van der Waals surface area (Å²) in [6.45, 7) is 12.1. The third kappa shape index (κ3) is 4.99. The maximum Gasteiger partial charge on any atom is 0.239 e. The molecule has 0 spiro atoms. The van der Waals surface area contributed by atoms with Gasteiger partial charge in [-0.1, -0.05) is 6.08 Å². The Morgan fingerprint density at radius 1 is 1.35 bits per heavy atom. The van der Waals surface area contributed by atoms with Gasteiger partial charge in [-0.25, -0.2) is 0 Å². The van der Waals surface area contributed by atoms with Crippen LogP contribution in [0.5, 0.6) is 0 Å². The molecule has 1 fully saturated rings. The van der Waals surface area contributed by atoms with Gasteiger partial charge < -0.3 is 19.9 Å². The van der Waals surface area contributed by atoms with Crippen molar-refractivity contribution < 1.29 is 9.53 Å². The minimum Gasteiger partial charge on any atom is -0.378 e. The molecule has 0 aromatic heterocycles. The molecule has 0 aliphatic carbocycles. The third-order valence-electron chi connectivity index (χ3n) is 3.94. The van der Waals surface area contributed by atoms with E-state index in [-0.39, 0.29) is 11.9 Å². The fourth-order valence-corrected chi connectivity index (χ4v) is 2.65. The van der Waals surface area contributed by atoms with E-state index in [0.29, 0.717) is 13.1 Å². The second-order valence-electron chi connectivity index (χ2n) is 5.93. The lowest BCUT2D eigenvalue weighted by molar-refractivity contribution is -0.119. The van der Waals surface area contributed by atoms with Crippen LogP contribution in [0.2, 0.25) is 0 Å². The Balaban J connectivity index is 2.04. The van der Waals surface area contributed by atoms with Crippen LogP contribution in [0.3, 0.4) is 0 Å². The summed E-state index contributed by atoms with van der Waals surface area (Å²) in [4.78, 5) is 16.4. The molecular formula is C18H27N3O2. The van der Waals surface area contributed by atoms with Crippen LogP contribution in [0.25, 0.3) is 0 Å². The number of anilines is 2. The lowest BCUT2D eigenvalue weighted by Crippen LogP contribution is -2.41. The number of hydrogen-bond acceptors (Lipinski definition) is 4. The Hall–Kier alpha value is -2.01. The molecule has 0 unspecified atom stereocenters. The van der Waals surface area contributed by atoms with Crippen molar-refractivity contribution in [3.8, 4) is 0 Å². The highest BCUT2D eigenvalue weighted by Crippen LogP contribution is 2.23. The zero-order chi connectivity index (χ0) is 16.7. The highest BCUT2D eigenvalue weighted by atomic mass is 16.5. The number of carbonyl (C=O) groups is 1. The molecule has 1 saturated heterocycles. The molecule has 126 valence electrons. The van der Waals surface area contributed by atoms with E-state index in [0.717, 1.165) is 32.0 Å². The van der Waals surface area contributed by atoms with Crippen LogP contribution < -0.4 is 15.1 Å². The molecule has 0 radical (unpaired) electrons. The van der Waals surface area contributed by atoms with Gasteiger partial charge in [-0.15, -0.1) is 6.58 Å². The van der Waals surface area contributed by atoms with Crippen molar-refractivity contribution in [3.05, 3.63) is 36.9 Å². The van der Waals surface area contributed by atoms with E-state index in [9.17, 15) is 4.79 Å². The van der Waals surface area contributed by atoms with Gasteiger partial charge in [0.05, 0.1) is 19.8 Å². The molecule has 1 N–H and O–H groups in total. The SMILES string of the molecule is C=CCNC(=O)CN(c1ccc(N2CCOCC2)cc1)C(C)C. The van der Waals surface area contributed by atoms with Crippen LogP contribution in [0.1, 0.15) is 13.8 Å². The second-order valence-corrected chi connectivity index (χ2v) is 5.93. The molecule has 1 amide bonds. The zero-order valence-electron chi connectivity index (χ0n) is 14.1. The van der Waals surface area contributed by atoms with E-state index >= 15 is 0 Å². The number of amides is 1. The van der Waals surface area contributed by atoms with E-state index < -0.39 is 0 Å². The summed E-state index contributed by atoms with van der Waals surface area (Å²) in [6.07, 6.45) is 1.69. The van der Waals surface area contributed by atoms with Gasteiger partial charge >= 0.3 is 0 Å². The largest absolute Gasteiger partial charge is 0.378 e. The second kappa shape index (κ2) is 8.58. The fourth-order valence-electron chi connectivity index (χ4n) is 2.65. The Labute approximate surface area is 138 Å². The Bertz CT molecular complexity index is 508. The third-order valence-corrected chi connectivity index (χ3v) is 3.94. The molecule has 0 saturated carbocycles. The van der Waals surface area contributed by atoms with Crippen LogP contribution in [0.15, 0.2) is 36.9 Å². The van der Waals surface area contributed by atoms with Gasteiger partial charge in [0.25, 0.3) is 0 Å². The summed E-state index contributed by atoms with van der Waals surface area (Å²) < 4.78 is 5.39. The molecule has 1 heterocycles. The average Bonchev–Trinajstić information content (AvgIpc) is 2.58. The monoisotopic (exact) mass is 317 g/mol. The van der Waals surface area contributed by atoms with Crippen LogP contribution in [0.4, 0.5) is 11.4 Å². The van der Waals surface area contributed by atoms with E-state index in [1.165, 1.54) is 5.69 Å². The topological polar surface area (TPSA) is 44.8 Å². The van der Waals surface area contributed by atoms with Gasteiger partial charge in [0, 0.05) is 37.1 Å². The number of rotatable bonds is 7. The zero-order valence-corrected chi connectivity index (χ0v) is 14.1. The number of nitrogens with one attached hydrogen (secondary N) is 1. The maximum atomic E-state index is 12.0. The first-order valence-corrected chi connectivity index (χ1v) is 8.19. The number of carbonyl (C=O) groups excluding carboxylic acids is 1. The number of morpholine rings is 1. The summed E-state index contributed by atoms with van der Waals surface area (Å²) in [5, 5.41) is 2.83. The van der Waals surface area contributed by atoms with Crippen molar-refractivity contribution in [2.24, 2.45) is 0 Å². The van der Waals surface area contributed by atoms with Gasteiger partial charge in [-0.05, 0) is 38.1 Å². The highest BCUT2D eigenvalue weighted by Gasteiger charge is 2.16. The molecule has 1 aromatic rings. The van der Waals surface area contributed by atoms with Crippen LogP contribution >= 0.6 is 0 Å². The van der Waals surface area contributed by atoms with E-state index in [1.54, 1.807) is 6.08 Å². The van der Waals surface area contributed by atoms with Crippen LogP contribution in [0, 0.1) is 0 Å². The molecule has 0 bridgehead atoms. The van der Waals surface area contributed by atoms with E-state index in [2.05, 4.69) is 59.8 Å². The summed E-state index contributed by atoms with van der Waals surface area (Å²) in [6, 6.07) is 8.67. The number of hydrogen-bond donors (Lipinski definition) is 1. The van der Waals surface area contributed by atoms with Gasteiger partial charge in [0.15, 0.2) is 0 Å². The predicted molar refractivity (Wildman–Crippen MR) is 95.2 cm³/mol. The Kier molecular flexibility index (Phi) is 6.47. The van der Waals surface area contributed by atoms with Crippen molar-refractivity contribution in [2.45, 2.75) is 19.9 Å². The molecule has 0 atom stereocenters. The van der Waals surface area contributed by atoms with E-state index in [1.807, 2.05) is 0 Å². The number of benzene rings is 1. The normalized spacial score (nSPS) is 14.7. The molecule has 2 rings (SSSR count). The van der Waals surface area contributed by atoms with Gasteiger partial charge in [-0.2, -0.15) is 0 Å². The summed E-state index contributed by atoms with van der Waals surface area (Å²) in [5.41, 5.74) is 2.27. The Morgan fingerprint density at radius 3 is 2.57 bits per heavy atom. The molecule has 1 aliphatic rings. The van der Waals surface area contributed by atoms with Gasteiger partial charge in [-0.3, -0.25) is 4.79 Å². The summed E-state index contributed by atoms with van der Waals surface area (Å²) in [7, 11) is 0. The average molecular weight is 317 g/mol. The smallest absolute Gasteiger partial charge is 0.239 e. The molecule has 23 heavy (non-hydrogen) atoms. The quantitative estimate of drug-likeness (QED) is 0.782. The molecular weight excluding hydrogens is 290 g/mol. The van der Waals surface area contributed by atoms with Crippen molar-refractivity contribution in [1.82, 2.24) is 5.32 Å². The van der Waals surface area contributed by atoms with Crippen molar-refractivity contribution >= 4 is 17.3 Å². The number of ether oxygens (including phenoxy) is 1. The van der Waals surface area contributed by atoms with Crippen molar-refractivity contribution in [2.75, 3.05) is 49.2 Å². The molecule has 5 nitrogen and oxygen atoms in total. The van der Waals surface area contributed by atoms with Crippen LogP contribution in [-0.4, -0.2) is 51.3 Å². The first-order valence-electron chi connectivity index (χ1n) is 8.19. The predicted octanol–water partition coefficient (Wildman–Crippen LogP) is 2.04. The van der Waals surface area contributed by atoms with Gasteiger partial charge in [0.1, 0.15) is 0 Å².